The molecule has 0 heterocycles. The number of likely N-dealkylation sites (N-methyl/N-ethyl adjacent to an activating group) is 2. The smallest absolute Gasteiger partial charge is 0.219 e. The van der Waals surface area contributed by atoms with Gasteiger partial charge in [-0.1, -0.05) is 48.5 Å². The molecular formula is C29H64N6O4. The second-order valence-electron chi connectivity index (χ2n) is 8.76. The molecule has 0 saturated heterocycles. The van der Waals surface area contributed by atoms with Crippen molar-refractivity contribution in [2.45, 2.75) is 93.9 Å². The van der Waals surface area contributed by atoms with Crippen molar-refractivity contribution in [2.75, 3.05) is 73.5 Å². The molecule has 0 bridgehead atoms. The highest BCUT2D eigenvalue weighted by atomic mass is 16.2. The third-order valence-corrected chi connectivity index (χ3v) is 5.30. The fourth-order valence-electron chi connectivity index (χ4n) is 2.81. The van der Waals surface area contributed by atoms with Crippen LogP contribution in [0.15, 0.2) is 0 Å². The van der Waals surface area contributed by atoms with E-state index in [9.17, 15) is 19.2 Å². The van der Waals surface area contributed by atoms with Gasteiger partial charge in [-0.15, -0.1) is 0 Å². The Morgan fingerprint density at radius 3 is 1.08 bits per heavy atom. The van der Waals surface area contributed by atoms with Crippen molar-refractivity contribution in [1.29, 1.82) is 0 Å². The van der Waals surface area contributed by atoms with Crippen LogP contribution in [0, 0.1) is 0 Å². The van der Waals surface area contributed by atoms with Crippen LogP contribution in [0.2, 0.25) is 0 Å². The van der Waals surface area contributed by atoms with Gasteiger partial charge >= 0.3 is 0 Å². The predicted molar refractivity (Wildman–Crippen MR) is 165 cm³/mol. The predicted octanol–water partition coefficient (Wildman–Crippen LogP) is 3.12. The van der Waals surface area contributed by atoms with Gasteiger partial charge in [-0.3, -0.25) is 19.2 Å². The first-order valence-electron chi connectivity index (χ1n) is 15.0. The Balaban J connectivity index is -0.000000364. The van der Waals surface area contributed by atoms with E-state index in [4.69, 9.17) is 0 Å². The van der Waals surface area contributed by atoms with Crippen molar-refractivity contribution < 1.29 is 19.2 Å². The summed E-state index contributed by atoms with van der Waals surface area (Å²) in [5, 5.41) is 8.66. The summed E-state index contributed by atoms with van der Waals surface area (Å²) in [6.07, 6.45) is 4.23. The lowest BCUT2D eigenvalue weighted by Gasteiger charge is -2.22. The highest BCUT2D eigenvalue weighted by Gasteiger charge is 2.06. The maximum atomic E-state index is 11.3. The van der Waals surface area contributed by atoms with E-state index in [0.717, 1.165) is 52.0 Å². The summed E-state index contributed by atoms with van der Waals surface area (Å²) >= 11 is 0. The van der Waals surface area contributed by atoms with Crippen molar-refractivity contribution in [2.24, 2.45) is 0 Å². The Bertz CT molecular complexity index is 531. The van der Waals surface area contributed by atoms with Crippen LogP contribution in [0.25, 0.3) is 0 Å². The quantitative estimate of drug-likeness (QED) is 0.222. The summed E-state index contributed by atoms with van der Waals surface area (Å²) in [6, 6.07) is 0. The number of hydrogen-bond donors (Lipinski definition) is 3. The molecule has 0 rings (SSSR count). The topological polar surface area (TPSA) is 114 Å². The van der Waals surface area contributed by atoms with Gasteiger partial charge in [0.25, 0.3) is 0 Å². The summed E-state index contributed by atoms with van der Waals surface area (Å²) in [7, 11) is 5.80. The fraction of sp³-hybridized carbons (Fsp3) is 0.862. The molecule has 0 atom stereocenters. The van der Waals surface area contributed by atoms with Crippen molar-refractivity contribution in [1.82, 2.24) is 30.7 Å². The molecule has 234 valence electrons. The van der Waals surface area contributed by atoms with Crippen LogP contribution < -0.4 is 16.0 Å². The fourth-order valence-corrected chi connectivity index (χ4v) is 2.81. The van der Waals surface area contributed by atoms with Crippen LogP contribution >= 0.6 is 0 Å². The molecule has 0 fully saturated rings. The largest absolute Gasteiger partial charge is 0.356 e. The summed E-state index contributed by atoms with van der Waals surface area (Å²) in [5.41, 5.74) is 0. The Morgan fingerprint density at radius 2 is 0.846 bits per heavy atom. The Hall–Kier alpha value is -2.20. The molecule has 0 saturated carbocycles. The number of nitrogens with one attached hydrogen (secondary N) is 3. The van der Waals surface area contributed by atoms with Crippen molar-refractivity contribution in [3.8, 4) is 0 Å². The summed E-state index contributed by atoms with van der Waals surface area (Å²) in [4.78, 5) is 50.5. The molecule has 4 amide bonds. The lowest BCUT2D eigenvalue weighted by Crippen LogP contribution is -2.34. The summed E-state index contributed by atoms with van der Waals surface area (Å²) in [6.45, 7) is 21.6. The lowest BCUT2D eigenvalue weighted by atomic mass is 10.2. The van der Waals surface area contributed by atoms with Gasteiger partial charge in [-0.25, -0.2) is 0 Å². The lowest BCUT2D eigenvalue weighted by molar-refractivity contribution is -0.127. The van der Waals surface area contributed by atoms with E-state index in [1.165, 1.54) is 0 Å². The van der Waals surface area contributed by atoms with Crippen LogP contribution in [0.5, 0.6) is 0 Å². The maximum absolute atomic E-state index is 11.3. The molecule has 0 aliphatic rings. The molecule has 0 unspecified atom stereocenters. The molecule has 10 nitrogen and oxygen atoms in total. The molecule has 0 radical (unpaired) electrons. The second kappa shape index (κ2) is 33.8. The zero-order chi connectivity index (χ0) is 31.1. The molecular weight excluding hydrogens is 496 g/mol. The van der Waals surface area contributed by atoms with Gasteiger partial charge in [-0.05, 0) is 53.0 Å². The third kappa shape index (κ3) is 35.8. The number of hydrogen-bond acceptors (Lipinski definition) is 6. The van der Waals surface area contributed by atoms with Crippen molar-refractivity contribution in [3.05, 3.63) is 0 Å². The molecule has 0 aliphatic heterocycles. The van der Waals surface area contributed by atoms with E-state index in [0.29, 0.717) is 38.9 Å². The van der Waals surface area contributed by atoms with Crippen molar-refractivity contribution >= 4 is 23.6 Å². The molecule has 0 spiro atoms. The van der Waals surface area contributed by atoms with Crippen molar-refractivity contribution in [3.63, 3.8) is 0 Å². The molecule has 39 heavy (non-hydrogen) atoms. The molecule has 10 heteroatoms. The minimum absolute atomic E-state index is 0.0797. The van der Waals surface area contributed by atoms with Gasteiger partial charge in [0.05, 0.1) is 0 Å². The van der Waals surface area contributed by atoms with Crippen LogP contribution in [0.3, 0.4) is 0 Å². The summed E-state index contributed by atoms with van der Waals surface area (Å²) < 4.78 is 0. The van der Waals surface area contributed by atoms with E-state index in [2.05, 4.69) is 25.8 Å². The molecule has 0 aromatic heterocycles. The first-order chi connectivity index (χ1) is 18.6. The molecule has 0 aromatic carbocycles. The zero-order valence-electron chi connectivity index (χ0n) is 27.4. The highest BCUT2D eigenvalue weighted by Crippen LogP contribution is 1.97. The van der Waals surface area contributed by atoms with Crippen LogP contribution in [0.4, 0.5) is 0 Å². The number of rotatable bonds is 18. The third-order valence-electron chi connectivity index (χ3n) is 5.30. The van der Waals surface area contributed by atoms with Gasteiger partial charge < -0.3 is 30.7 Å². The first-order valence-corrected chi connectivity index (χ1v) is 15.0. The zero-order valence-corrected chi connectivity index (χ0v) is 27.4. The Morgan fingerprint density at radius 1 is 0.538 bits per heavy atom. The van der Waals surface area contributed by atoms with E-state index in [1.54, 1.807) is 11.8 Å². The molecule has 0 aliphatic carbocycles. The normalized spacial score (nSPS) is 9.67. The van der Waals surface area contributed by atoms with Crippen LogP contribution in [-0.4, -0.2) is 112 Å². The average molecular weight is 561 g/mol. The van der Waals surface area contributed by atoms with Crippen LogP contribution in [0.1, 0.15) is 93.9 Å². The maximum Gasteiger partial charge on any atom is 0.219 e. The first kappa shape index (κ1) is 43.8. The standard InChI is InChI=1S/C18H36N4O3.C7H16N2O.2C2H6/c1-4-16(23)19-10-7-13-22(14-8-11-20-17(24)5-2)15-9-12-21-18(25)6-3;1-7(10)9(4)6-5-8(2)3;2*1-2/h4-15H2,1-3H3,(H,19,23)(H,20,24)(H,21,25);5-6H2,1-4H3;2*1-2H3. The SMILES string of the molecule is CC.CC.CC(=O)N(C)CCN(C)C.CCC(=O)NCCCN(CCCNC(=O)CC)CCCNC(=O)CC. The molecule has 3 N–H and O–H groups in total. The number of nitrogens with zero attached hydrogens (tertiary/aromatic N) is 3. The average Bonchev–Trinajstić information content (AvgIpc) is 2.95. The van der Waals surface area contributed by atoms with E-state index >= 15 is 0 Å². The van der Waals surface area contributed by atoms with Gasteiger partial charge in [-0.2, -0.15) is 0 Å². The highest BCUT2D eigenvalue weighted by molar-refractivity contribution is 5.76. The second-order valence-corrected chi connectivity index (χ2v) is 8.76. The molecule has 0 aromatic rings. The van der Waals surface area contributed by atoms with Gasteiger partial charge in [0, 0.05) is 66.0 Å². The Kier molecular flexibility index (Phi) is 38.0. The Labute approximate surface area is 241 Å². The summed E-state index contributed by atoms with van der Waals surface area (Å²) in [5.74, 6) is 0.366. The minimum Gasteiger partial charge on any atom is -0.356 e. The monoisotopic (exact) mass is 560 g/mol. The minimum atomic E-state index is 0.0797. The number of carbonyl (C=O) groups is 4. The van der Waals surface area contributed by atoms with Crippen LogP contribution in [-0.2, 0) is 19.2 Å². The van der Waals surface area contributed by atoms with E-state index in [1.807, 2.05) is 69.6 Å². The van der Waals surface area contributed by atoms with Gasteiger partial charge in [0.2, 0.25) is 23.6 Å². The van der Waals surface area contributed by atoms with Gasteiger partial charge in [0.15, 0.2) is 0 Å². The number of carbonyl (C=O) groups excluding carboxylic acids is 4. The van der Waals surface area contributed by atoms with Gasteiger partial charge in [0.1, 0.15) is 0 Å². The number of amides is 4. The van der Waals surface area contributed by atoms with E-state index in [-0.39, 0.29) is 23.6 Å². The van der Waals surface area contributed by atoms with E-state index < -0.39 is 0 Å².